The predicted octanol–water partition coefficient (Wildman–Crippen LogP) is 7.06. The lowest BCUT2D eigenvalue weighted by atomic mass is 9.88. The molecular weight excluding hydrogens is 622 g/mol. The van der Waals surface area contributed by atoms with Gasteiger partial charge in [-0.2, -0.15) is 0 Å². The van der Waals surface area contributed by atoms with E-state index >= 15 is 0 Å². The van der Waals surface area contributed by atoms with E-state index in [-0.39, 0.29) is 41.6 Å². The average Bonchev–Trinajstić information content (AvgIpc) is 3.94. The largest absolute Gasteiger partial charge is 0.341 e. The maximum atomic E-state index is 13.7. The van der Waals surface area contributed by atoms with E-state index in [0.717, 1.165) is 73.3 Å². The van der Waals surface area contributed by atoms with Crippen molar-refractivity contribution >= 4 is 17.7 Å². The van der Waals surface area contributed by atoms with Crippen molar-refractivity contribution in [3.8, 4) is 11.3 Å². The van der Waals surface area contributed by atoms with Crippen molar-refractivity contribution in [2.45, 2.75) is 82.2 Å². The van der Waals surface area contributed by atoms with E-state index in [1.54, 1.807) is 0 Å². The molecule has 4 aromatic rings. The molecule has 4 atom stereocenters. The van der Waals surface area contributed by atoms with E-state index in [0.29, 0.717) is 25.6 Å². The normalized spacial score (nSPS) is 21.0. The van der Waals surface area contributed by atoms with Gasteiger partial charge >= 0.3 is 0 Å². The molecule has 0 spiro atoms. The Morgan fingerprint density at radius 1 is 0.680 bits per heavy atom. The van der Waals surface area contributed by atoms with E-state index in [1.165, 1.54) is 5.56 Å². The first-order chi connectivity index (χ1) is 24.3. The second-order valence-electron chi connectivity index (χ2n) is 14.4. The SMILES string of the molecule is CC(C(=O)N1CCCC1C(=O)N1CCC(c2ccc(-c3cnc(C4CCCN4C(=O)C(C)c4ccccc4)n3C)cc2)CC1)c1ccccc1. The van der Waals surface area contributed by atoms with Crippen LogP contribution < -0.4 is 0 Å². The van der Waals surface area contributed by atoms with Crippen molar-refractivity contribution in [3.63, 3.8) is 0 Å². The molecule has 8 heteroatoms. The number of amides is 3. The Hall–Kier alpha value is -4.72. The zero-order chi connectivity index (χ0) is 34.8. The van der Waals surface area contributed by atoms with Crippen LogP contribution in [-0.2, 0) is 21.4 Å². The second-order valence-corrected chi connectivity index (χ2v) is 14.4. The van der Waals surface area contributed by atoms with E-state index in [4.69, 9.17) is 4.98 Å². The number of imidazole rings is 1. The number of likely N-dealkylation sites (tertiary alicyclic amines) is 3. The molecule has 3 saturated heterocycles. The summed E-state index contributed by atoms with van der Waals surface area (Å²) >= 11 is 0. The minimum atomic E-state index is -0.352. The lowest BCUT2D eigenvalue weighted by Crippen LogP contribution is -2.50. The van der Waals surface area contributed by atoms with Crippen molar-refractivity contribution in [3.05, 3.63) is 114 Å². The summed E-state index contributed by atoms with van der Waals surface area (Å²) in [6.07, 6.45) is 7.27. The van der Waals surface area contributed by atoms with Gasteiger partial charge in [0.15, 0.2) is 0 Å². The monoisotopic (exact) mass is 671 g/mol. The number of piperidine rings is 1. The summed E-state index contributed by atoms with van der Waals surface area (Å²) in [5.74, 6) is 1.19. The van der Waals surface area contributed by atoms with Crippen LogP contribution in [-0.4, -0.2) is 74.2 Å². The maximum Gasteiger partial charge on any atom is 0.245 e. The number of hydrogen-bond donors (Lipinski definition) is 0. The van der Waals surface area contributed by atoms with Gasteiger partial charge < -0.3 is 19.3 Å². The van der Waals surface area contributed by atoms with Gasteiger partial charge in [0.1, 0.15) is 11.9 Å². The van der Waals surface area contributed by atoms with E-state index in [9.17, 15) is 14.4 Å². The van der Waals surface area contributed by atoms with Crippen LogP contribution in [0.5, 0.6) is 0 Å². The van der Waals surface area contributed by atoms with Crippen LogP contribution in [0.3, 0.4) is 0 Å². The van der Waals surface area contributed by atoms with Crippen LogP contribution in [0.25, 0.3) is 11.3 Å². The van der Waals surface area contributed by atoms with Crippen LogP contribution in [0, 0.1) is 0 Å². The Labute approximate surface area is 296 Å². The highest BCUT2D eigenvalue weighted by Gasteiger charge is 2.39. The van der Waals surface area contributed by atoms with Crippen molar-refractivity contribution in [1.29, 1.82) is 0 Å². The molecule has 260 valence electrons. The molecule has 3 aliphatic heterocycles. The number of aromatic nitrogens is 2. The highest BCUT2D eigenvalue weighted by Crippen LogP contribution is 2.37. The minimum Gasteiger partial charge on any atom is -0.341 e. The van der Waals surface area contributed by atoms with Crippen LogP contribution in [0.4, 0.5) is 0 Å². The fourth-order valence-corrected chi connectivity index (χ4v) is 8.42. The molecule has 8 nitrogen and oxygen atoms in total. The van der Waals surface area contributed by atoms with Gasteiger partial charge in [0, 0.05) is 33.2 Å². The van der Waals surface area contributed by atoms with E-state index in [1.807, 2.05) is 95.4 Å². The molecule has 0 radical (unpaired) electrons. The topological polar surface area (TPSA) is 78.8 Å². The number of rotatable bonds is 8. The Kier molecular flexibility index (Phi) is 9.88. The summed E-state index contributed by atoms with van der Waals surface area (Å²) < 4.78 is 2.15. The summed E-state index contributed by atoms with van der Waals surface area (Å²) in [6, 6.07) is 28.3. The van der Waals surface area contributed by atoms with Gasteiger partial charge in [-0.25, -0.2) is 4.98 Å². The zero-order valence-corrected chi connectivity index (χ0v) is 29.6. The van der Waals surface area contributed by atoms with Crippen molar-refractivity contribution < 1.29 is 14.4 Å². The smallest absolute Gasteiger partial charge is 0.245 e. The number of benzene rings is 3. The van der Waals surface area contributed by atoms with Crippen molar-refractivity contribution in [1.82, 2.24) is 24.3 Å². The highest BCUT2D eigenvalue weighted by atomic mass is 16.2. The number of carbonyl (C=O) groups excluding carboxylic acids is 3. The molecule has 1 aromatic heterocycles. The average molecular weight is 672 g/mol. The number of hydrogen-bond acceptors (Lipinski definition) is 4. The fraction of sp³-hybridized carbons (Fsp3) is 0.429. The highest BCUT2D eigenvalue weighted by molar-refractivity contribution is 5.91. The first kappa shape index (κ1) is 33.8. The Morgan fingerprint density at radius 3 is 1.86 bits per heavy atom. The van der Waals surface area contributed by atoms with Crippen LogP contribution in [0.15, 0.2) is 91.1 Å². The molecule has 3 aromatic carbocycles. The quantitative estimate of drug-likeness (QED) is 0.201. The summed E-state index contributed by atoms with van der Waals surface area (Å²) in [5.41, 5.74) is 5.47. The first-order valence-corrected chi connectivity index (χ1v) is 18.4. The molecule has 3 amide bonds. The molecule has 50 heavy (non-hydrogen) atoms. The lowest BCUT2D eigenvalue weighted by molar-refractivity contribution is -0.145. The van der Waals surface area contributed by atoms with Crippen LogP contribution >= 0.6 is 0 Å². The minimum absolute atomic E-state index is 0.0266. The van der Waals surface area contributed by atoms with Gasteiger partial charge in [-0.1, -0.05) is 84.9 Å². The molecule has 0 bridgehead atoms. The molecule has 0 aliphatic carbocycles. The van der Waals surface area contributed by atoms with Gasteiger partial charge in [-0.15, -0.1) is 0 Å². The molecule has 3 fully saturated rings. The zero-order valence-electron chi connectivity index (χ0n) is 29.6. The van der Waals surface area contributed by atoms with Gasteiger partial charge in [0.05, 0.1) is 29.8 Å². The third-order valence-electron chi connectivity index (χ3n) is 11.5. The molecule has 3 aliphatic rings. The van der Waals surface area contributed by atoms with Gasteiger partial charge in [0.2, 0.25) is 17.7 Å². The Bertz CT molecular complexity index is 1800. The third-order valence-corrected chi connectivity index (χ3v) is 11.5. The van der Waals surface area contributed by atoms with Gasteiger partial charge in [-0.05, 0) is 80.5 Å². The standard InChI is InChI=1S/C42H49N5O3/c1-29(31-12-6-4-7-13-31)40(48)46-24-10-16-36(46)39-43-28-38(44(39)3)35-20-18-33(19-21-35)34-22-26-45(27-23-34)42(50)37-17-11-25-47(37)41(49)30(2)32-14-8-5-9-15-32/h4-9,12-15,18-21,28-30,34,36-37H,10-11,16-17,22-27H2,1-3H3. The molecule has 4 unspecified atom stereocenters. The molecule has 0 saturated carbocycles. The van der Waals surface area contributed by atoms with Crippen molar-refractivity contribution in [2.24, 2.45) is 7.05 Å². The summed E-state index contributed by atoms with van der Waals surface area (Å²) in [6.45, 7) is 6.77. The summed E-state index contributed by atoms with van der Waals surface area (Å²) in [7, 11) is 2.06. The van der Waals surface area contributed by atoms with E-state index < -0.39 is 0 Å². The number of nitrogens with zero attached hydrogens (tertiary/aromatic N) is 5. The molecule has 7 rings (SSSR count). The molecular formula is C42H49N5O3. The second kappa shape index (κ2) is 14.6. The number of carbonyl (C=O) groups is 3. The summed E-state index contributed by atoms with van der Waals surface area (Å²) in [4.78, 5) is 51.5. The third kappa shape index (κ3) is 6.60. The van der Waals surface area contributed by atoms with Gasteiger partial charge in [0.25, 0.3) is 0 Å². The van der Waals surface area contributed by atoms with Crippen LogP contribution in [0.2, 0.25) is 0 Å². The summed E-state index contributed by atoms with van der Waals surface area (Å²) in [5, 5.41) is 0. The van der Waals surface area contributed by atoms with Crippen molar-refractivity contribution in [2.75, 3.05) is 26.2 Å². The fourth-order valence-electron chi connectivity index (χ4n) is 8.42. The Balaban J connectivity index is 0.964. The first-order valence-electron chi connectivity index (χ1n) is 18.4. The van der Waals surface area contributed by atoms with E-state index in [2.05, 4.69) is 35.9 Å². The predicted molar refractivity (Wildman–Crippen MR) is 195 cm³/mol. The Morgan fingerprint density at radius 2 is 1.24 bits per heavy atom. The molecule has 0 N–H and O–H groups in total. The lowest BCUT2D eigenvalue weighted by Gasteiger charge is -2.36. The van der Waals surface area contributed by atoms with Gasteiger partial charge in [-0.3, -0.25) is 14.4 Å². The molecule has 4 heterocycles. The van der Waals surface area contributed by atoms with Crippen LogP contribution in [0.1, 0.15) is 98.7 Å². The maximum absolute atomic E-state index is 13.7.